The smallest absolute Gasteiger partial charge is 0.416 e. The van der Waals surface area contributed by atoms with Crippen molar-refractivity contribution >= 4 is 41.0 Å². The Morgan fingerprint density at radius 1 is 1.00 bits per heavy atom. The first-order valence-electron chi connectivity index (χ1n) is 16.6. The van der Waals surface area contributed by atoms with Crippen molar-refractivity contribution in [3.63, 3.8) is 0 Å². The van der Waals surface area contributed by atoms with E-state index >= 15 is 0 Å². The van der Waals surface area contributed by atoms with Gasteiger partial charge >= 0.3 is 12.3 Å². The minimum atomic E-state index is -4.77. The highest BCUT2D eigenvalue weighted by atomic mass is 19.4. The third-order valence-corrected chi connectivity index (χ3v) is 8.26. The number of hydrogen-bond donors (Lipinski definition) is 2. The molecule has 3 aromatic rings. The van der Waals surface area contributed by atoms with Gasteiger partial charge in [-0.1, -0.05) is 6.92 Å². The van der Waals surface area contributed by atoms with E-state index in [-0.39, 0.29) is 62.5 Å². The zero-order chi connectivity index (χ0) is 37.1. The molecule has 2 aromatic heterocycles. The van der Waals surface area contributed by atoms with E-state index < -0.39 is 52.9 Å². The molecule has 0 atom stereocenters. The third-order valence-electron chi connectivity index (χ3n) is 8.26. The molecule has 15 nitrogen and oxygen atoms in total. The number of anilines is 3. The summed E-state index contributed by atoms with van der Waals surface area (Å²) >= 11 is 0. The van der Waals surface area contributed by atoms with Gasteiger partial charge in [-0.3, -0.25) is 14.4 Å². The number of ether oxygens (including phenoxy) is 2. The van der Waals surface area contributed by atoms with E-state index in [4.69, 9.17) is 9.47 Å². The van der Waals surface area contributed by atoms with Crippen LogP contribution in [0, 0.1) is 5.82 Å². The summed E-state index contributed by atoms with van der Waals surface area (Å²) in [6.45, 7) is 9.06. The largest absolute Gasteiger partial charge is 0.444 e. The number of hydrogen-bond acceptors (Lipinski definition) is 10. The fraction of sp³-hybridized carbons (Fsp3) is 0.562. The molecule has 1 aromatic carbocycles. The van der Waals surface area contributed by atoms with Crippen LogP contribution in [0.15, 0.2) is 23.0 Å². The number of carbonyl (C=O) groups is 3. The van der Waals surface area contributed by atoms with Gasteiger partial charge in [-0.25, -0.2) is 9.18 Å². The van der Waals surface area contributed by atoms with Gasteiger partial charge in [0.1, 0.15) is 30.2 Å². The van der Waals surface area contributed by atoms with Crippen molar-refractivity contribution in [2.45, 2.75) is 58.9 Å². The number of nitrogens with one attached hydrogen (secondary N) is 2. The molecule has 0 radical (unpaired) electrons. The van der Waals surface area contributed by atoms with E-state index in [1.165, 1.54) is 4.57 Å². The van der Waals surface area contributed by atoms with Gasteiger partial charge in [0.2, 0.25) is 23.5 Å². The van der Waals surface area contributed by atoms with Crippen molar-refractivity contribution < 1.29 is 41.4 Å². The molecule has 2 N–H and O–H groups in total. The molecule has 4 heterocycles. The predicted octanol–water partition coefficient (Wildman–Crippen LogP) is 2.65. The van der Waals surface area contributed by atoms with Crippen LogP contribution >= 0.6 is 0 Å². The Morgan fingerprint density at radius 3 is 2.37 bits per heavy atom. The zero-order valence-electron chi connectivity index (χ0n) is 28.8. The van der Waals surface area contributed by atoms with Gasteiger partial charge in [-0.15, -0.1) is 5.10 Å². The van der Waals surface area contributed by atoms with Gasteiger partial charge in [-0.2, -0.15) is 22.7 Å². The summed E-state index contributed by atoms with van der Waals surface area (Å²) in [5, 5.41) is 9.31. The molecule has 3 amide bonds. The van der Waals surface area contributed by atoms with Gasteiger partial charge in [0.25, 0.3) is 5.56 Å². The highest BCUT2D eigenvalue weighted by Gasteiger charge is 2.32. The first-order chi connectivity index (χ1) is 24.1. The summed E-state index contributed by atoms with van der Waals surface area (Å²) in [5.74, 6) is -2.08. The fourth-order valence-electron chi connectivity index (χ4n) is 5.88. The maximum absolute atomic E-state index is 14.7. The van der Waals surface area contributed by atoms with Crippen molar-refractivity contribution in [2.24, 2.45) is 0 Å². The Morgan fingerprint density at radius 2 is 1.73 bits per heavy atom. The molecule has 5 rings (SSSR count). The standard InChI is InChI=1S/C32H41F4N9O6/c1-5-23-26(42-12-10-41(11-13-42)25(47)18-37-30(49)51-31(2,3)4)27(48)45-29(39-28(40-45)43-9-6-15-50-16-14-43)44(23)19-24(46)38-22-8-7-20(17-21(22)33)32(34,35)36/h7-8,17H,5-6,9-16,18-19H2,1-4H3,(H,37,49)(H,38,46). The predicted molar refractivity (Wildman–Crippen MR) is 177 cm³/mol. The second-order valence-corrected chi connectivity index (χ2v) is 13.1. The number of aromatic nitrogens is 4. The Bertz CT molecular complexity index is 1820. The normalized spacial score (nSPS) is 15.9. The number of piperazine rings is 1. The lowest BCUT2D eigenvalue weighted by Gasteiger charge is -2.36. The van der Waals surface area contributed by atoms with Crippen LogP contribution in [0.5, 0.6) is 0 Å². The maximum atomic E-state index is 14.7. The average molecular weight is 724 g/mol. The van der Waals surface area contributed by atoms with Crippen LogP contribution in [0.4, 0.5) is 39.7 Å². The van der Waals surface area contributed by atoms with Crippen LogP contribution in [0.2, 0.25) is 0 Å². The topological polar surface area (TPSA) is 156 Å². The molecule has 0 spiro atoms. The summed E-state index contributed by atoms with van der Waals surface area (Å²) < 4.78 is 67.2. The lowest BCUT2D eigenvalue weighted by Crippen LogP contribution is -2.53. The van der Waals surface area contributed by atoms with Crippen molar-refractivity contribution in [1.82, 2.24) is 29.4 Å². The van der Waals surface area contributed by atoms with E-state index in [2.05, 4.69) is 20.7 Å². The number of alkyl carbamates (subject to hydrolysis) is 1. The van der Waals surface area contributed by atoms with E-state index in [0.717, 1.165) is 10.6 Å². The minimum Gasteiger partial charge on any atom is -0.444 e. The Balaban J connectivity index is 1.43. The molecule has 278 valence electrons. The van der Waals surface area contributed by atoms with Crippen LogP contribution in [-0.2, 0) is 38.2 Å². The molecule has 19 heteroatoms. The van der Waals surface area contributed by atoms with Gasteiger partial charge in [-0.05, 0) is 51.8 Å². The lowest BCUT2D eigenvalue weighted by molar-refractivity contribution is -0.137. The van der Waals surface area contributed by atoms with Crippen LogP contribution in [0.1, 0.15) is 45.4 Å². The second kappa shape index (κ2) is 15.1. The maximum Gasteiger partial charge on any atom is 0.416 e. The molecule has 2 fully saturated rings. The average Bonchev–Trinajstić information content (AvgIpc) is 3.33. The summed E-state index contributed by atoms with van der Waals surface area (Å²) in [7, 11) is 0. The molecule has 0 saturated carbocycles. The Kier molecular flexibility index (Phi) is 11.1. The Labute approximate surface area is 290 Å². The number of nitrogens with zero attached hydrogens (tertiary/aromatic N) is 7. The van der Waals surface area contributed by atoms with Crippen molar-refractivity contribution in [1.29, 1.82) is 0 Å². The lowest BCUT2D eigenvalue weighted by atomic mass is 10.2. The van der Waals surface area contributed by atoms with Crippen molar-refractivity contribution in [3.8, 4) is 0 Å². The number of rotatable bonds is 8. The van der Waals surface area contributed by atoms with Crippen LogP contribution in [0.25, 0.3) is 5.78 Å². The van der Waals surface area contributed by atoms with Gasteiger partial charge in [0.05, 0.1) is 23.6 Å². The number of carbonyl (C=O) groups excluding carboxylic acids is 3. The summed E-state index contributed by atoms with van der Waals surface area (Å²) in [4.78, 5) is 62.3. The molecule has 2 saturated heterocycles. The quantitative estimate of drug-likeness (QED) is 0.332. The molecule has 2 aliphatic heterocycles. The SMILES string of the molecule is CCc1c(N2CCN(C(=O)CNC(=O)OC(C)(C)C)CC2)c(=O)n2nc(N3CCCOCC3)nc2n1CC(=O)Nc1ccc(C(F)(F)F)cc1F. The number of halogens is 4. The summed E-state index contributed by atoms with van der Waals surface area (Å²) in [6.07, 6.45) is -4.54. The molecule has 51 heavy (non-hydrogen) atoms. The first-order valence-corrected chi connectivity index (χ1v) is 16.6. The van der Waals surface area contributed by atoms with Gasteiger partial charge in [0, 0.05) is 45.9 Å². The highest BCUT2D eigenvalue weighted by molar-refractivity contribution is 5.91. The van der Waals surface area contributed by atoms with Crippen molar-refractivity contribution in [2.75, 3.05) is 74.1 Å². The number of benzene rings is 1. The monoisotopic (exact) mass is 723 g/mol. The van der Waals surface area contributed by atoms with Gasteiger partial charge < -0.3 is 39.4 Å². The molecule has 0 bridgehead atoms. The second-order valence-electron chi connectivity index (χ2n) is 13.1. The zero-order valence-corrected chi connectivity index (χ0v) is 28.8. The van der Waals surface area contributed by atoms with E-state index in [0.29, 0.717) is 50.6 Å². The summed E-state index contributed by atoms with van der Waals surface area (Å²) in [5.41, 5.74) is -2.22. The molecular formula is C32H41F4N9O6. The highest BCUT2D eigenvalue weighted by Crippen LogP contribution is 2.31. The number of amides is 3. The van der Waals surface area contributed by atoms with E-state index in [1.807, 2.05) is 4.90 Å². The van der Waals surface area contributed by atoms with E-state index in [1.54, 1.807) is 37.5 Å². The first kappa shape index (κ1) is 37.3. The molecular weight excluding hydrogens is 682 g/mol. The van der Waals surface area contributed by atoms with Crippen LogP contribution < -0.4 is 26.0 Å². The minimum absolute atomic E-state index is 0.0471. The van der Waals surface area contributed by atoms with E-state index in [9.17, 15) is 36.7 Å². The number of alkyl halides is 3. The molecule has 0 unspecified atom stereocenters. The van der Waals surface area contributed by atoms with Crippen molar-refractivity contribution in [3.05, 3.63) is 45.6 Å². The fourth-order valence-corrected chi connectivity index (χ4v) is 5.88. The Hall–Kier alpha value is -4.94. The summed E-state index contributed by atoms with van der Waals surface area (Å²) in [6, 6.07) is 1.81. The molecule has 0 aliphatic carbocycles. The van der Waals surface area contributed by atoms with Crippen LogP contribution in [-0.4, -0.2) is 107 Å². The van der Waals surface area contributed by atoms with Gasteiger partial charge in [0.15, 0.2) is 0 Å². The third kappa shape index (κ3) is 8.87. The van der Waals surface area contributed by atoms with Crippen LogP contribution in [0.3, 0.4) is 0 Å². The number of fused-ring (bicyclic) bond motifs is 1. The molecule has 2 aliphatic rings.